The molecule has 0 bridgehead atoms. The SMILES string of the molecule is O=NN(CCCC(=O)O)Cc1ccccc1Cl. The zero-order valence-electron chi connectivity index (χ0n) is 9.17. The molecule has 5 nitrogen and oxygen atoms in total. The van der Waals surface area contributed by atoms with Gasteiger partial charge in [0.05, 0.1) is 11.8 Å². The number of benzene rings is 1. The number of carboxylic acids is 1. The van der Waals surface area contributed by atoms with Crippen molar-refractivity contribution in [1.82, 2.24) is 5.01 Å². The predicted molar refractivity (Wildman–Crippen MR) is 64.5 cm³/mol. The van der Waals surface area contributed by atoms with Crippen molar-refractivity contribution in [2.24, 2.45) is 5.29 Å². The summed E-state index contributed by atoms with van der Waals surface area (Å²) in [5.74, 6) is -0.881. The molecule has 1 N–H and O–H groups in total. The number of nitroso groups, excluding NO2 is 1. The van der Waals surface area contributed by atoms with E-state index in [1.165, 1.54) is 5.01 Å². The zero-order valence-corrected chi connectivity index (χ0v) is 9.93. The molecule has 0 aromatic heterocycles. The molecule has 0 saturated carbocycles. The molecule has 1 rings (SSSR count). The first-order valence-corrected chi connectivity index (χ1v) is 5.54. The molecule has 0 atom stereocenters. The molecule has 0 aliphatic heterocycles. The van der Waals surface area contributed by atoms with E-state index in [4.69, 9.17) is 16.7 Å². The zero-order chi connectivity index (χ0) is 12.7. The maximum Gasteiger partial charge on any atom is 0.303 e. The Morgan fingerprint density at radius 1 is 1.41 bits per heavy atom. The van der Waals surface area contributed by atoms with Crippen LogP contribution in [-0.4, -0.2) is 22.6 Å². The van der Waals surface area contributed by atoms with Gasteiger partial charge in [-0.1, -0.05) is 29.8 Å². The van der Waals surface area contributed by atoms with Crippen LogP contribution in [0.4, 0.5) is 0 Å². The number of nitrogens with zero attached hydrogens (tertiary/aromatic N) is 2. The van der Waals surface area contributed by atoms with Crippen molar-refractivity contribution in [2.45, 2.75) is 19.4 Å². The summed E-state index contributed by atoms with van der Waals surface area (Å²) in [4.78, 5) is 20.9. The van der Waals surface area contributed by atoms with Crippen molar-refractivity contribution in [1.29, 1.82) is 0 Å². The number of halogens is 1. The number of hydrogen-bond acceptors (Lipinski definition) is 3. The Bertz CT molecular complexity index is 398. The van der Waals surface area contributed by atoms with Crippen LogP contribution >= 0.6 is 11.6 Å². The molecule has 0 fully saturated rings. The van der Waals surface area contributed by atoms with Crippen molar-refractivity contribution in [3.8, 4) is 0 Å². The third-order valence-corrected chi connectivity index (χ3v) is 2.60. The van der Waals surface area contributed by atoms with Gasteiger partial charge in [-0.25, -0.2) is 0 Å². The summed E-state index contributed by atoms with van der Waals surface area (Å²) in [7, 11) is 0. The molecule has 1 aromatic rings. The molecule has 0 saturated heterocycles. The first kappa shape index (κ1) is 13.4. The highest BCUT2D eigenvalue weighted by Crippen LogP contribution is 2.17. The standard InChI is InChI=1S/C11H13ClN2O3/c12-10-5-2-1-4-9(10)8-14(13-17)7-3-6-11(15)16/h1-2,4-5H,3,6-8H2,(H,15,16). The summed E-state index contributed by atoms with van der Waals surface area (Å²) >= 11 is 5.95. The average molecular weight is 257 g/mol. The maximum atomic E-state index is 10.6. The van der Waals surface area contributed by atoms with Gasteiger partial charge in [-0.15, -0.1) is 4.91 Å². The lowest BCUT2D eigenvalue weighted by Crippen LogP contribution is -2.18. The Morgan fingerprint density at radius 2 is 2.12 bits per heavy atom. The van der Waals surface area contributed by atoms with Gasteiger partial charge in [-0.2, -0.15) is 0 Å². The lowest BCUT2D eigenvalue weighted by Gasteiger charge is -2.15. The van der Waals surface area contributed by atoms with E-state index in [-0.39, 0.29) is 6.42 Å². The van der Waals surface area contributed by atoms with Gasteiger partial charge in [0.15, 0.2) is 0 Å². The molecule has 0 aliphatic carbocycles. The van der Waals surface area contributed by atoms with Gasteiger partial charge in [0, 0.05) is 18.0 Å². The molecule has 17 heavy (non-hydrogen) atoms. The maximum absolute atomic E-state index is 10.6. The molecular formula is C11H13ClN2O3. The first-order chi connectivity index (χ1) is 8.13. The highest BCUT2D eigenvalue weighted by Gasteiger charge is 2.08. The molecular weight excluding hydrogens is 244 g/mol. The van der Waals surface area contributed by atoms with Crippen LogP contribution in [0.15, 0.2) is 29.6 Å². The van der Waals surface area contributed by atoms with Crippen LogP contribution in [-0.2, 0) is 11.3 Å². The normalized spacial score (nSPS) is 9.94. The topological polar surface area (TPSA) is 70.0 Å². The minimum atomic E-state index is -0.881. The van der Waals surface area contributed by atoms with E-state index < -0.39 is 5.97 Å². The van der Waals surface area contributed by atoms with Gasteiger partial charge >= 0.3 is 5.97 Å². The summed E-state index contributed by atoms with van der Waals surface area (Å²) in [5, 5.41) is 13.2. The van der Waals surface area contributed by atoms with Crippen LogP contribution in [0.3, 0.4) is 0 Å². The monoisotopic (exact) mass is 256 g/mol. The van der Waals surface area contributed by atoms with E-state index in [0.717, 1.165) is 5.56 Å². The molecule has 0 heterocycles. The number of carbonyl (C=O) groups is 1. The van der Waals surface area contributed by atoms with Crippen LogP contribution in [0.25, 0.3) is 0 Å². The van der Waals surface area contributed by atoms with E-state index in [9.17, 15) is 9.70 Å². The third kappa shape index (κ3) is 4.82. The third-order valence-electron chi connectivity index (χ3n) is 2.23. The number of aliphatic carboxylic acids is 1. The van der Waals surface area contributed by atoms with Crippen LogP contribution in [0.5, 0.6) is 0 Å². The van der Waals surface area contributed by atoms with Crippen LogP contribution in [0.1, 0.15) is 18.4 Å². The Labute approximate surface area is 104 Å². The van der Waals surface area contributed by atoms with E-state index in [1.54, 1.807) is 18.2 Å². The summed E-state index contributed by atoms with van der Waals surface area (Å²) < 4.78 is 0. The second kappa shape index (κ2) is 6.85. The smallest absolute Gasteiger partial charge is 0.303 e. The fourth-order valence-electron chi connectivity index (χ4n) is 1.38. The van der Waals surface area contributed by atoms with Gasteiger partial charge in [0.2, 0.25) is 0 Å². The van der Waals surface area contributed by atoms with Gasteiger partial charge in [-0.05, 0) is 18.1 Å². The fraction of sp³-hybridized carbons (Fsp3) is 0.364. The minimum Gasteiger partial charge on any atom is -0.481 e. The van der Waals surface area contributed by atoms with Crippen LogP contribution < -0.4 is 0 Å². The Kier molecular flexibility index (Phi) is 5.42. The lowest BCUT2D eigenvalue weighted by molar-refractivity contribution is -0.137. The molecule has 0 unspecified atom stereocenters. The van der Waals surface area contributed by atoms with Crippen LogP contribution in [0.2, 0.25) is 5.02 Å². The molecule has 92 valence electrons. The summed E-state index contributed by atoms with van der Waals surface area (Å²) in [6.07, 6.45) is 0.403. The largest absolute Gasteiger partial charge is 0.481 e. The molecule has 6 heteroatoms. The molecule has 0 spiro atoms. The second-order valence-corrected chi connectivity index (χ2v) is 3.97. The highest BCUT2D eigenvalue weighted by molar-refractivity contribution is 6.31. The predicted octanol–water partition coefficient (Wildman–Crippen LogP) is 2.69. The first-order valence-electron chi connectivity index (χ1n) is 5.17. The van der Waals surface area contributed by atoms with E-state index in [0.29, 0.717) is 24.5 Å². The Hall–Kier alpha value is -1.62. The van der Waals surface area contributed by atoms with Crippen molar-refractivity contribution in [3.05, 3.63) is 39.8 Å². The van der Waals surface area contributed by atoms with Crippen molar-refractivity contribution in [3.63, 3.8) is 0 Å². The molecule has 0 radical (unpaired) electrons. The van der Waals surface area contributed by atoms with Crippen molar-refractivity contribution in [2.75, 3.05) is 6.54 Å². The van der Waals surface area contributed by atoms with Gasteiger partial charge in [0.25, 0.3) is 0 Å². The number of rotatable bonds is 7. The number of hydrogen-bond donors (Lipinski definition) is 1. The van der Waals surface area contributed by atoms with Crippen molar-refractivity contribution < 1.29 is 9.90 Å². The Balaban J connectivity index is 2.49. The van der Waals surface area contributed by atoms with E-state index in [2.05, 4.69) is 5.29 Å². The minimum absolute atomic E-state index is 0.0224. The summed E-state index contributed by atoms with van der Waals surface area (Å²) in [6, 6.07) is 7.16. The van der Waals surface area contributed by atoms with Gasteiger partial charge < -0.3 is 5.11 Å². The number of carboxylic acid groups (broad SMARTS) is 1. The molecule has 0 aliphatic rings. The molecule has 1 aromatic carbocycles. The summed E-state index contributed by atoms with van der Waals surface area (Å²) in [5.41, 5.74) is 0.795. The fourth-order valence-corrected chi connectivity index (χ4v) is 1.58. The second-order valence-electron chi connectivity index (χ2n) is 3.56. The Morgan fingerprint density at radius 3 is 2.71 bits per heavy atom. The quantitative estimate of drug-likeness (QED) is 0.601. The van der Waals surface area contributed by atoms with Crippen molar-refractivity contribution >= 4 is 17.6 Å². The average Bonchev–Trinajstić information content (AvgIpc) is 2.30. The van der Waals surface area contributed by atoms with Gasteiger partial charge in [0.1, 0.15) is 0 Å². The molecule has 0 amide bonds. The van der Waals surface area contributed by atoms with E-state index >= 15 is 0 Å². The lowest BCUT2D eigenvalue weighted by atomic mass is 10.2. The summed E-state index contributed by atoms with van der Waals surface area (Å²) in [6.45, 7) is 0.601. The van der Waals surface area contributed by atoms with Gasteiger partial charge in [-0.3, -0.25) is 9.80 Å². The van der Waals surface area contributed by atoms with E-state index in [1.807, 2.05) is 6.07 Å². The highest BCUT2D eigenvalue weighted by atomic mass is 35.5. The van der Waals surface area contributed by atoms with Crippen LogP contribution in [0, 0.1) is 4.91 Å².